The van der Waals surface area contributed by atoms with Crippen molar-refractivity contribution in [3.63, 3.8) is 0 Å². The molecule has 1 N–H and O–H groups in total. The summed E-state index contributed by atoms with van der Waals surface area (Å²) in [5.41, 5.74) is 6.50. The largest absolute Gasteiger partial charge is 0.342 e. The van der Waals surface area contributed by atoms with Crippen LogP contribution in [0.4, 0.5) is 0 Å². The Balaban J connectivity index is 1.78. The van der Waals surface area contributed by atoms with E-state index in [0.717, 1.165) is 29.7 Å². The number of rotatable bonds is 2. The average Bonchev–Trinajstić information content (AvgIpc) is 3.06. The van der Waals surface area contributed by atoms with Crippen LogP contribution in [-0.2, 0) is 12.8 Å². The molecule has 4 nitrogen and oxygen atoms in total. The molecule has 0 radical (unpaired) electrons. The second-order valence-corrected chi connectivity index (χ2v) is 5.70. The van der Waals surface area contributed by atoms with Crippen molar-refractivity contribution in [2.75, 3.05) is 0 Å². The summed E-state index contributed by atoms with van der Waals surface area (Å²) in [6, 6.07) is 4.41. The Morgan fingerprint density at radius 3 is 3.10 bits per heavy atom. The number of aromatic nitrogens is 4. The maximum Gasteiger partial charge on any atom is 0.180 e. The smallest absolute Gasteiger partial charge is 0.180 e. The zero-order valence-corrected chi connectivity index (χ0v) is 12.2. The fraction of sp³-hybridized carbons (Fsp3) is 0.133. The van der Waals surface area contributed by atoms with E-state index in [2.05, 4.69) is 60.2 Å². The first-order valence-electron chi connectivity index (χ1n) is 6.42. The van der Waals surface area contributed by atoms with E-state index < -0.39 is 0 Å². The van der Waals surface area contributed by atoms with Gasteiger partial charge in [-0.15, -0.1) is 0 Å². The Morgan fingerprint density at radius 1 is 1.20 bits per heavy atom. The molecule has 98 valence electrons. The summed E-state index contributed by atoms with van der Waals surface area (Å²) in [6.07, 6.45) is 9.37. The highest BCUT2D eigenvalue weighted by molar-refractivity contribution is 9.10. The summed E-state index contributed by atoms with van der Waals surface area (Å²) in [5.74, 6) is 0. The van der Waals surface area contributed by atoms with Crippen LogP contribution in [0, 0.1) is 0 Å². The van der Waals surface area contributed by atoms with Gasteiger partial charge in [-0.25, -0.2) is 15.0 Å². The first kappa shape index (κ1) is 11.8. The predicted octanol–water partition coefficient (Wildman–Crippen LogP) is 3.28. The number of imidazole rings is 1. The van der Waals surface area contributed by atoms with Gasteiger partial charge in [0.05, 0.1) is 12.0 Å². The lowest BCUT2D eigenvalue weighted by molar-refractivity contribution is 1.05. The van der Waals surface area contributed by atoms with E-state index in [1.54, 1.807) is 12.7 Å². The summed E-state index contributed by atoms with van der Waals surface area (Å²) in [4.78, 5) is 15.8. The molecule has 0 amide bonds. The normalized spacial score (nSPS) is 13.1. The topological polar surface area (TPSA) is 54.5 Å². The molecule has 0 atom stereocenters. The summed E-state index contributed by atoms with van der Waals surface area (Å²) < 4.78 is 1.17. The van der Waals surface area contributed by atoms with Gasteiger partial charge in [0, 0.05) is 10.9 Å². The Bertz CT molecular complexity index is 835. The lowest BCUT2D eigenvalue weighted by Gasteiger charge is -2.07. The number of H-pyrrole nitrogens is 1. The second-order valence-electron chi connectivity index (χ2n) is 4.85. The Hall–Kier alpha value is -2.01. The SMILES string of the molecule is Brc1cc(Cc2ncnc3nc[nH]c23)cc2c1CC=C2. The maximum absolute atomic E-state index is 4.38. The van der Waals surface area contributed by atoms with Crippen molar-refractivity contribution in [3.8, 4) is 0 Å². The molecule has 0 saturated heterocycles. The highest BCUT2D eigenvalue weighted by atomic mass is 79.9. The molecule has 2 heterocycles. The monoisotopic (exact) mass is 326 g/mol. The molecule has 1 aromatic carbocycles. The van der Waals surface area contributed by atoms with E-state index >= 15 is 0 Å². The maximum atomic E-state index is 4.38. The molecule has 0 unspecified atom stereocenters. The van der Waals surface area contributed by atoms with Gasteiger partial charge in [-0.05, 0) is 29.2 Å². The lowest BCUT2D eigenvalue weighted by atomic mass is 10.0. The van der Waals surface area contributed by atoms with Crippen LogP contribution in [0.1, 0.15) is 22.4 Å². The van der Waals surface area contributed by atoms with Gasteiger partial charge in [0.2, 0.25) is 0 Å². The Labute approximate surface area is 124 Å². The number of fused-ring (bicyclic) bond motifs is 2. The summed E-state index contributed by atoms with van der Waals surface area (Å²) in [6.45, 7) is 0. The third-order valence-electron chi connectivity index (χ3n) is 3.58. The number of aromatic amines is 1. The van der Waals surface area contributed by atoms with Crippen LogP contribution >= 0.6 is 15.9 Å². The summed E-state index contributed by atoms with van der Waals surface area (Å²) >= 11 is 3.66. The van der Waals surface area contributed by atoms with Crippen molar-refractivity contribution in [2.45, 2.75) is 12.8 Å². The first-order valence-corrected chi connectivity index (χ1v) is 7.21. The minimum Gasteiger partial charge on any atom is -0.342 e. The van der Waals surface area contributed by atoms with Crippen molar-refractivity contribution in [1.82, 2.24) is 19.9 Å². The van der Waals surface area contributed by atoms with Crippen molar-refractivity contribution < 1.29 is 0 Å². The van der Waals surface area contributed by atoms with E-state index in [1.165, 1.54) is 21.2 Å². The van der Waals surface area contributed by atoms with Gasteiger partial charge in [-0.1, -0.05) is 34.1 Å². The minimum atomic E-state index is 0.718. The fourth-order valence-electron chi connectivity index (χ4n) is 2.63. The van der Waals surface area contributed by atoms with Gasteiger partial charge in [0.25, 0.3) is 0 Å². The van der Waals surface area contributed by atoms with Crippen LogP contribution in [0.2, 0.25) is 0 Å². The predicted molar refractivity (Wildman–Crippen MR) is 81.4 cm³/mol. The molecule has 0 spiro atoms. The molecule has 4 rings (SSSR count). The molecule has 20 heavy (non-hydrogen) atoms. The Kier molecular flexibility index (Phi) is 2.67. The lowest BCUT2D eigenvalue weighted by Crippen LogP contribution is -1.97. The number of hydrogen-bond acceptors (Lipinski definition) is 3. The van der Waals surface area contributed by atoms with E-state index in [4.69, 9.17) is 0 Å². The van der Waals surface area contributed by atoms with Gasteiger partial charge >= 0.3 is 0 Å². The van der Waals surface area contributed by atoms with Crippen LogP contribution < -0.4 is 0 Å². The number of allylic oxidation sites excluding steroid dienone is 1. The zero-order valence-electron chi connectivity index (χ0n) is 10.6. The highest BCUT2D eigenvalue weighted by Crippen LogP contribution is 2.30. The van der Waals surface area contributed by atoms with E-state index in [0.29, 0.717) is 0 Å². The molecule has 0 fully saturated rings. The van der Waals surface area contributed by atoms with Gasteiger partial charge < -0.3 is 4.98 Å². The molecule has 3 aromatic rings. The van der Waals surface area contributed by atoms with Gasteiger partial charge in [-0.2, -0.15) is 0 Å². The van der Waals surface area contributed by atoms with Crippen LogP contribution in [0.5, 0.6) is 0 Å². The number of halogens is 1. The zero-order chi connectivity index (χ0) is 13.5. The third-order valence-corrected chi connectivity index (χ3v) is 4.29. The van der Waals surface area contributed by atoms with Crippen LogP contribution in [0.3, 0.4) is 0 Å². The number of benzene rings is 1. The molecule has 1 aliphatic carbocycles. The molecule has 1 aliphatic rings. The van der Waals surface area contributed by atoms with E-state index in [1.807, 2.05) is 0 Å². The molecular formula is C15H11BrN4. The number of hydrogen-bond donors (Lipinski definition) is 1. The molecular weight excluding hydrogens is 316 g/mol. The van der Waals surface area contributed by atoms with Crippen LogP contribution in [-0.4, -0.2) is 19.9 Å². The van der Waals surface area contributed by atoms with Crippen LogP contribution in [0.15, 0.2) is 35.3 Å². The standard InChI is InChI=1S/C15H11BrN4/c16-12-5-9(4-10-2-1-3-11(10)12)6-13-14-15(19-7-17-13)20-8-18-14/h1-2,4-5,7-8H,3,6H2,(H,17,18,19,20). The quantitative estimate of drug-likeness (QED) is 0.786. The summed E-state index contributed by atoms with van der Waals surface area (Å²) in [5, 5.41) is 0. The molecule has 0 aliphatic heterocycles. The first-order chi connectivity index (χ1) is 9.81. The molecule has 0 saturated carbocycles. The highest BCUT2D eigenvalue weighted by Gasteiger charge is 2.12. The molecule has 2 aromatic heterocycles. The number of nitrogens with zero attached hydrogens (tertiary/aromatic N) is 3. The molecule has 5 heteroatoms. The second kappa shape index (κ2) is 4.52. The third kappa shape index (κ3) is 1.86. The van der Waals surface area contributed by atoms with Crippen molar-refractivity contribution in [2.24, 2.45) is 0 Å². The van der Waals surface area contributed by atoms with Gasteiger partial charge in [0.1, 0.15) is 11.8 Å². The summed E-state index contributed by atoms with van der Waals surface area (Å²) in [7, 11) is 0. The van der Waals surface area contributed by atoms with Crippen molar-refractivity contribution in [3.05, 3.63) is 57.7 Å². The average molecular weight is 327 g/mol. The van der Waals surface area contributed by atoms with Crippen molar-refractivity contribution >= 4 is 33.2 Å². The number of nitrogens with one attached hydrogen (secondary N) is 1. The van der Waals surface area contributed by atoms with E-state index in [9.17, 15) is 0 Å². The van der Waals surface area contributed by atoms with Gasteiger partial charge in [-0.3, -0.25) is 0 Å². The van der Waals surface area contributed by atoms with Gasteiger partial charge in [0.15, 0.2) is 5.65 Å². The van der Waals surface area contributed by atoms with E-state index in [-0.39, 0.29) is 0 Å². The minimum absolute atomic E-state index is 0.718. The fourth-order valence-corrected chi connectivity index (χ4v) is 3.31. The van der Waals surface area contributed by atoms with Crippen LogP contribution in [0.25, 0.3) is 17.2 Å². The van der Waals surface area contributed by atoms with Crippen molar-refractivity contribution in [1.29, 1.82) is 0 Å². The molecule has 0 bridgehead atoms. The Morgan fingerprint density at radius 2 is 2.15 bits per heavy atom.